The van der Waals surface area contributed by atoms with Crippen molar-refractivity contribution in [2.45, 2.75) is 65.3 Å². The second-order valence-corrected chi connectivity index (χ2v) is 11.4. The highest BCUT2D eigenvalue weighted by molar-refractivity contribution is 5.49. The zero-order chi connectivity index (χ0) is 22.3. The molecule has 0 saturated carbocycles. The highest BCUT2D eigenvalue weighted by atomic mass is 15.1. The summed E-state index contributed by atoms with van der Waals surface area (Å²) in [7, 11) is 0. The van der Waals surface area contributed by atoms with E-state index in [4.69, 9.17) is 5.73 Å². The third-order valence-corrected chi connectivity index (χ3v) is 9.78. The molecule has 1 spiro atoms. The summed E-state index contributed by atoms with van der Waals surface area (Å²) in [6, 6.07) is 0. The fourth-order valence-corrected chi connectivity index (χ4v) is 6.96. The predicted octanol–water partition coefficient (Wildman–Crippen LogP) is 4.98. The highest BCUT2D eigenvalue weighted by Gasteiger charge is 2.58. The first-order valence-electron chi connectivity index (χ1n) is 12.7. The summed E-state index contributed by atoms with van der Waals surface area (Å²) < 4.78 is 0. The number of allylic oxidation sites excluding steroid dienone is 4. The minimum Gasteiger partial charge on any atom is -0.330 e. The molecule has 1 saturated heterocycles. The van der Waals surface area contributed by atoms with Crippen molar-refractivity contribution in [3.63, 3.8) is 0 Å². The van der Waals surface area contributed by atoms with E-state index in [9.17, 15) is 0 Å². The van der Waals surface area contributed by atoms with Crippen LogP contribution in [-0.4, -0.2) is 31.7 Å². The van der Waals surface area contributed by atoms with Gasteiger partial charge in [-0.25, -0.2) is 0 Å². The van der Waals surface area contributed by atoms with Crippen LogP contribution in [0.25, 0.3) is 0 Å². The number of hydrogen-bond acceptors (Lipinski definition) is 3. The van der Waals surface area contributed by atoms with E-state index >= 15 is 0 Å². The van der Waals surface area contributed by atoms with Crippen molar-refractivity contribution >= 4 is 0 Å². The fourth-order valence-electron chi connectivity index (χ4n) is 6.96. The average Bonchev–Trinajstić information content (AvgIpc) is 3.46. The Morgan fingerprint density at radius 3 is 2.45 bits per heavy atom. The van der Waals surface area contributed by atoms with E-state index in [0.29, 0.717) is 23.7 Å². The van der Waals surface area contributed by atoms with Gasteiger partial charge in [0.05, 0.1) is 5.54 Å². The van der Waals surface area contributed by atoms with E-state index in [1.54, 1.807) is 0 Å². The summed E-state index contributed by atoms with van der Waals surface area (Å²) in [5.74, 6) is 2.33. The van der Waals surface area contributed by atoms with Gasteiger partial charge in [0, 0.05) is 25.0 Å². The van der Waals surface area contributed by atoms with Gasteiger partial charge in [0.15, 0.2) is 0 Å². The Kier molecular flexibility index (Phi) is 6.42. The molecule has 172 valence electrons. The molecule has 4 rings (SSSR count). The maximum Gasteiger partial charge on any atom is 0.0654 e. The quantitative estimate of drug-likeness (QED) is 0.561. The third kappa shape index (κ3) is 3.92. The number of nitrogens with two attached hydrogens (primary N) is 1. The molecule has 3 heteroatoms. The molecule has 3 aliphatic carbocycles. The lowest BCUT2D eigenvalue weighted by Crippen LogP contribution is -2.54. The van der Waals surface area contributed by atoms with Gasteiger partial charge >= 0.3 is 0 Å². The van der Waals surface area contributed by atoms with Crippen LogP contribution in [0.4, 0.5) is 0 Å². The van der Waals surface area contributed by atoms with Crippen LogP contribution >= 0.6 is 0 Å². The summed E-state index contributed by atoms with van der Waals surface area (Å²) in [5.41, 5.74) is 9.45. The van der Waals surface area contributed by atoms with Gasteiger partial charge in [-0.2, -0.15) is 0 Å². The number of nitrogens with one attached hydrogen (secondary N) is 2. The molecule has 7 unspecified atom stereocenters. The Morgan fingerprint density at radius 2 is 1.81 bits per heavy atom. The monoisotopic (exact) mass is 423 g/mol. The van der Waals surface area contributed by atoms with Gasteiger partial charge in [-0.05, 0) is 74.7 Å². The van der Waals surface area contributed by atoms with Gasteiger partial charge in [0.2, 0.25) is 0 Å². The minimum absolute atomic E-state index is 0.130. The van der Waals surface area contributed by atoms with Gasteiger partial charge in [0.25, 0.3) is 0 Å². The van der Waals surface area contributed by atoms with E-state index in [1.807, 2.05) is 0 Å². The molecule has 1 heterocycles. The summed E-state index contributed by atoms with van der Waals surface area (Å²) in [4.78, 5) is 0. The minimum atomic E-state index is 0.130. The van der Waals surface area contributed by atoms with Crippen LogP contribution in [0.1, 0.15) is 59.8 Å². The molecule has 4 N–H and O–H groups in total. The van der Waals surface area contributed by atoms with Crippen LogP contribution in [0.3, 0.4) is 0 Å². The van der Waals surface area contributed by atoms with Crippen molar-refractivity contribution in [2.75, 3.05) is 26.2 Å². The molecular weight excluding hydrogens is 378 g/mol. The molecule has 0 amide bonds. The van der Waals surface area contributed by atoms with E-state index < -0.39 is 0 Å². The first-order valence-corrected chi connectivity index (χ1v) is 12.7. The average molecular weight is 424 g/mol. The Bertz CT molecular complexity index is 779. The highest BCUT2D eigenvalue weighted by Crippen LogP contribution is 2.56. The number of hydrogen-bond donors (Lipinski definition) is 3. The number of rotatable bonds is 3. The van der Waals surface area contributed by atoms with Crippen molar-refractivity contribution in [3.05, 3.63) is 48.1 Å². The van der Waals surface area contributed by atoms with E-state index in [2.05, 4.69) is 75.3 Å². The fraction of sp³-hybridized carbons (Fsp3) is 0.714. The molecule has 0 aromatic carbocycles. The van der Waals surface area contributed by atoms with Crippen LogP contribution in [0.2, 0.25) is 0 Å². The van der Waals surface area contributed by atoms with Gasteiger partial charge < -0.3 is 16.4 Å². The Balaban J connectivity index is 1.53. The molecule has 31 heavy (non-hydrogen) atoms. The van der Waals surface area contributed by atoms with Crippen molar-refractivity contribution in [2.24, 2.45) is 40.2 Å². The molecule has 1 fully saturated rings. The maximum atomic E-state index is 6.06. The van der Waals surface area contributed by atoms with E-state index in [-0.39, 0.29) is 16.4 Å². The van der Waals surface area contributed by atoms with Gasteiger partial charge in [-0.3, -0.25) is 0 Å². The molecule has 0 aromatic heterocycles. The van der Waals surface area contributed by atoms with Crippen LogP contribution < -0.4 is 16.4 Å². The van der Waals surface area contributed by atoms with Crippen molar-refractivity contribution in [1.29, 1.82) is 0 Å². The SMILES string of the molecule is C=C1C/C=C\C(C)(C2C=CC(C3(C)CNCCNC34C=C4C)CC2)C(C)CCC1CN. The first kappa shape index (κ1) is 23.0. The van der Waals surface area contributed by atoms with Crippen LogP contribution in [-0.2, 0) is 0 Å². The molecule has 0 radical (unpaired) electrons. The zero-order valence-corrected chi connectivity index (χ0v) is 20.3. The van der Waals surface area contributed by atoms with Gasteiger partial charge in [-0.1, -0.05) is 68.9 Å². The standard InChI is InChI=1S/C28H45N3/c1-20-7-6-14-26(4,21(2)8-9-23(20)18-29)24-10-12-25(13-11-24)27(5)19-30-15-16-31-28(27)17-22(28)3/h6,10,12,14,17,21,23-25,30-31H,1,7-9,11,13,15-16,18-19,29H2,2-5H3/b14-6-. The second kappa shape index (κ2) is 8.65. The maximum absolute atomic E-state index is 6.06. The van der Waals surface area contributed by atoms with Crippen LogP contribution in [0.5, 0.6) is 0 Å². The molecule has 7 atom stereocenters. The molecule has 0 aromatic rings. The topological polar surface area (TPSA) is 50.1 Å². The van der Waals surface area contributed by atoms with Crippen molar-refractivity contribution < 1.29 is 0 Å². The van der Waals surface area contributed by atoms with Gasteiger partial charge in [-0.15, -0.1) is 0 Å². The van der Waals surface area contributed by atoms with Gasteiger partial charge in [0.1, 0.15) is 0 Å². The summed E-state index contributed by atoms with van der Waals surface area (Å²) in [6.45, 7) is 18.0. The van der Waals surface area contributed by atoms with Crippen molar-refractivity contribution in [1.82, 2.24) is 10.6 Å². The smallest absolute Gasteiger partial charge is 0.0654 e. The zero-order valence-electron chi connectivity index (χ0n) is 20.3. The Morgan fingerprint density at radius 1 is 1.10 bits per heavy atom. The normalized spacial score (nSPS) is 47.1. The summed E-state index contributed by atoms with van der Waals surface area (Å²) in [6.07, 6.45) is 18.5. The second-order valence-electron chi connectivity index (χ2n) is 11.4. The van der Waals surface area contributed by atoms with Crippen molar-refractivity contribution in [3.8, 4) is 0 Å². The molecule has 1 aliphatic heterocycles. The lowest BCUT2D eigenvalue weighted by molar-refractivity contribution is 0.112. The Labute approximate surface area is 190 Å². The summed E-state index contributed by atoms with van der Waals surface area (Å²) >= 11 is 0. The molecular formula is C28H45N3. The molecule has 4 aliphatic rings. The third-order valence-electron chi connectivity index (χ3n) is 9.78. The largest absolute Gasteiger partial charge is 0.330 e. The lowest BCUT2D eigenvalue weighted by Gasteiger charge is -2.48. The Hall–Kier alpha value is -1.16. The van der Waals surface area contributed by atoms with E-state index in [0.717, 1.165) is 32.6 Å². The van der Waals surface area contributed by atoms with Crippen LogP contribution in [0.15, 0.2) is 48.1 Å². The van der Waals surface area contributed by atoms with E-state index in [1.165, 1.54) is 36.8 Å². The predicted molar refractivity (Wildman–Crippen MR) is 133 cm³/mol. The van der Waals surface area contributed by atoms with Crippen LogP contribution in [0, 0.1) is 34.5 Å². The lowest BCUT2D eigenvalue weighted by atomic mass is 9.59. The summed E-state index contributed by atoms with van der Waals surface area (Å²) in [5, 5.41) is 7.59. The molecule has 3 nitrogen and oxygen atoms in total. The molecule has 0 bridgehead atoms. The first-order chi connectivity index (χ1) is 14.8.